The summed E-state index contributed by atoms with van der Waals surface area (Å²) < 4.78 is 0.992. The lowest BCUT2D eigenvalue weighted by Gasteiger charge is -2.20. The third-order valence-electron chi connectivity index (χ3n) is 2.75. The minimum atomic E-state index is -0.458. The van der Waals surface area contributed by atoms with Gasteiger partial charge in [0.1, 0.15) is 0 Å². The van der Waals surface area contributed by atoms with Gasteiger partial charge in [0.05, 0.1) is 12.1 Å². The molecule has 0 aliphatic rings. The molecule has 0 aliphatic carbocycles. The van der Waals surface area contributed by atoms with Crippen molar-refractivity contribution in [3.63, 3.8) is 0 Å². The number of hydrogen-bond donors (Lipinski definition) is 2. The van der Waals surface area contributed by atoms with E-state index < -0.39 is 6.04 Å². The second-order valence-electron chi connectivity index (χ2n) is 4.52. The maximum absolute atomic E-state index is 11.8. The number of amides is 1. The SMILES string of the molecule is CC(NC(=O)[C@H](N)C(C)C)c1ccccc1Br. The quantitative estimate of drug-likeness (QED) is 0.898. The van der Waals surface area contributed by atoms with Crippen molar-refractivity contribution in [2.45, 2.75) is 32.9 Å². The molecular weight excluding hydrogens is 280 g/mol. The van der Waals surface area contributed by atoms with Crippen LogP contribution in [-0.4, -0.2) is 11.9 Å². The highest BCUT2D eigenvalue weighted by Crippen LogP contribution is 2.22. The van der Waals surface area contributed by atoms with Crippen LogP contribution in [0.3, 0.4) is 0 Å². The number of halogens is 1. The van der Waals surface area contributed by atoms with Crippen molar-refractivity contribution in [2.75, 3.05) is 0 Å². The molecule has 17 heavy (non-hydrogen) atoms. The van der Waals surface area contributed by atoms with Crippen molar-refractivity contribution >= 4 is 21.8 Å². The van der Waals surface area contributed by atoms with Gasteiger partial charge in [-0.25, -0.2) is 0 Å². The predicted molar refractivity (Wildman–Crippen MR) is 73.5 cm³/mol. The van der Waals surface area contributed by atoms with Crippen LogP contribution in [0.2, 0.25) is 0 Å². The number of rotatable bonds is 4. The Balaban J connectivity index is 2.70. The van der Waals surface area contributed by atoms with Crippen molar-refractivity contribution in [1.82, 2.24) is 5.32 Å². The molecule has 3 N–H and O–H groups in total. The van der Waals surface area contributed by atoms with Gasteiger partial charge in [0.15, 0.2) is 0 Å². The average Bonchev–Trinajstić information content (AvgIpc) is 2.28. The first-order valence-corrected chi connectivity index (χ1v) is 6.53. The van der Waals surface area contributed by atoms with Crippen molar-refractivity contribution in [3.05, 3.63) is 34.3 Å². The van der Waals surface area contributed by atoms with E-state index in [-0.39, 0.29) is 17.9 Å². The number of benzene rings is 1. The van der Waals surface area contributed by atoms with Crippen LogP contribution in [0.15, 0.2) is 28.7 Å². The Morgan fingerprint density at radius 1 is 1.29 bits per heavy atom. The standard InChI is InChI=1S/C13H19BrN2O/c1-8(2)12(15)13(17)16-9(3)10-6-4-5-7-11(10)14/h4-9,12H,15H2,1-3H3,(H,16,17)/t9?,12-/m1/s1. The van der Waals surface area contributed by atoms with Crippen molar-refractivity contribution in [2.24, 2.45) is 11.7 Å². The summed E-state index contributed by atoms with van der Waals surface area (Å²) in [7, 11) is 0. The second-order valence-corrected chi connectivity index (χ2v) is 5.38. The van der Waals surface area contributed by atoms with Crippen LogP contribution in [0, 0.1) is 5.92 Å². The largest absolute Gasteiger partial charge is 0.348 e. The van der Waals surface area contributed by atoms with Gasteiger partial charge in [-0.3, -0.25) is 4.79 Å². The molecule has 1 aromatic rings. The lowest BCUT2D eigenvalue weighted by atomic mass is 10.0. The van der Waals surface area contributed by atoms with Gasteiger partial charge < -0.3 is 11.1 Å². The fourth-order valence-electron chi connectivity index (χ4n) is 1.52. The Hall–Kier alpha value is -0.870. The molecule has 3 nitrogen and oxygen atoms in total. The molecule has 1 aromatic carbocycles. The predicted octanol–water partition coefficient (Wildman–Crippen LogP) is 2.61. The summed E-state index contributed by atoms with van der Waals surface area (Å²) in [5.74, 6) is 0.0321. The number of hydrogen-bond acceptors (Lipinski definition) is 2. The van der Waals surface area contributed by atoms with E-state index in [4.69, 9.17) is 5.73 Å². The Labute approximate surface area is 111 Å². The number of nitrogens with two attached hydrogens (primary N) is 1. The summed E-state index contributed by atoms with van der Waals surface area (Å²) in [6.07, 6.45) is 0. The zero-order valence-corrected chi connectivity index (χ0v) is 12.0. The molecule has 94 valence electrons. The Morgan fingerprint density at radius 2 is 1.88 bits per heavy atom. The van der Waals surface area contributed by atoms with Crippen LogP contribution in [0.25, 0.3) is 0 Å². The second kappa shape index (κ2) is 6.17. The van der Waals surface area contributed by atoms with Gasteiger partial charge in [0, 0.05) is 4.47 Å². The molecule has 0 heterocycles. The third kappa shape index (κ3) is 3.82. The monoisotopic (exact) mass is 298 g/mol. The Kier molecular flexibility index (Phi) is 5.15. The topological polar surface area (TPSA) is 55.1 Å². The molecule has 0 fully saturated rings. The molecule has 2 atom stereocenters. The molecule has 1 rings (SSSR count). The van der Waals surface area contributed by atoms with Crippen LogP contribution in [-0.2, 0) is 4.79 Å². The Morgan fingerprint density at radius 3 is 2.41 bits per heavy atom. The molecule has 1 unspecified atom stereocenters. The summed E-state index contributed by atoms with van der Waals surface area (Å²) in [6, 6.07) is 7.33. The van der Waals surface area contributed by atoms with E-state index in [9.17, 15) is 4.79 Å². The van der Waals surface area contributed by atoms with E-state index in [1.54, 1.807) is 0 Å². The summed E-state index contributed by atoms with van der Waals surface area (Å²) >= 11 is 3.47. The molecule has 0 radical (unpaired) electrons. The minimum absolute atomic E-state index is 0.0529. The maximum atomic E-state index is 11.8. The van der Waals surface area contributed by atoms with E-state index >= 15 is 0 Å². The molecule has 0 saturated heterocycles. The van der Waals surface area contributed by atoms with Gasteiger partial charge in [0.2, 0.25) is 5.91 Å². The van der Waals surface area contributed by atoms with Crippen LogP contribution in [0.5, 0.6) is 0 Å². The fourth-order valence-corrected chi connectivity index (χ4v) is 2.14. The molecular formula is C13H19BrN2O. The molecule has 0 aromatic heterocycles. The first-order valence-electron chi connectivity index (χ1n) is 5.74. The summed E-state index contributed by atoms with van der Waals surface area (Å²) in [4.78, 5) is 11.8. The van der Waals surface area contributed by atoms with Crippen LogP contribution >= 0.6 is 15.9 Å². The average molecular weight is 299 g/mol. The van der Waals surface area contributed by atoms with E-state index in [1.165, 1.54) is 0 Å². The molecule has 0 saturated carbocycles. The minimum Gasteiger partial charge on any atom is -0.348 e. The summed E-state index contributed by atoms with van der Waals surface area (Å²) in [6.45, 7) is 5.83. The van der Waals surface area contributed by atoms with E-state index in [2.05, 4.69) is 21.2 Å². The number of nitrogens with one attached hydrogen (secondary N) is 1. The van der Waals surface area contributed by atoms with Crippen LogP contribution in [0.1, 0.15) is 32.4 Å². The number of carbonyl (C=O) groups excluding carboxylic acids is 1. The normalized spacial score (nSPS) is 14.5. The molecule has 0 spiro atoms. The summed E-state index contributed by atoms with van der Waals surface area (Å²) in [5.41, 5.74) is 6.85. The lowest BCUT2D eigenvalue weighted by Crippen LogP contribution is -2.44. The molecule has 0 bridgehead atoms. The highest BCUT2D eigenvalue weighted by molar-refractivity contribution is 9.10. The zero-order valence-electron chi connectivity index (χ0n) is 10.4. The zero-order chi connectivity index (χ0) is 13.0. The molecule has 0 aliphatic heterocycles. The van der Waals surface area contributed by atoms with Gasteiger partial charge in [-0.05, 0) is 24.5 Å². The van der Waals surface area contributed by atoms with Gasteiger partial charge in [-0.1, -0.05) is 48.0 Å². The van der Waals surface area contributed by atoms with Crippen molar-refractivity contribution in [1.29, 1.82) is 0 Å². The van der Waals surface area contributed by atoms with E-state index in [0.717, 1.165) is 10.0 Å². The third-order valence-corrected chi connectivity index (χ3v) is 3.47. The van der Waals surface area contributed by atoms with Crippen LogP contribution < -0.4 is 11.1 Å². The van der Waals surface area contributed by atoms with Crippen molar-refractivity contribution in [3.8, 4) is 0 Å². The number of carbonyl (C=O) groups is 1. The highest BCUT2D eigenvalue weighted by atomic mass is 79.9. The molecule has 1 amide bonds. The van der Waals surface area contributed by atoms with Crippen molar-refractivity contribution < 1.29 is 4.79 Å². The van der Waals surface area contributed by atoms with E-state index in [0.29, 0.717) is 0 Å². The van der Waals surface area contributed by atoms with Gasteiger partial charge in [-0.15, -0.1) is 0 Å². The van der Waals surface area contributed by atoms with Crippen LogP contribution in [0.4, 0.5) is 0 Å². The highest BCUT2D eigenvalue weighted by Gasteiger charge is 2.20. The first-order chi connectivity index (χ1) is 7.93. The van der Waals surface area contributed by atoms with Gasteiger partial charge in [0.25, 0.3) is 0 Å². The Bertz CT molecular complexity index is 393. The molecule has 4 heteroatoms. The van der Waals surface area contributed by atoms with Gasteiger partial charge >= 0.3 is 0 Å². The maximum Gasteiger partial charge on any atom is 0.237 e. The summed E-state index contributed by atoms with van der Waals surface area (Å²) in [5, 5.41) is 2.92. The van der Waals surface area contributed by atoms with Gasteiger partial charge in [-0.2, -0.15) is 0 Å². The van der Waals surface area contributed by atoms with E-state index in [1.807, 2.05) is 45.0 Å². The lowest BCUT2D eigenvalue weighted by molar-refractivity contribution is -0.123. The fraction of sp³-hybridized carbons (Fsp3) is 0.462. The first kappa shape index (κ1) is 14.2. The smallest absolute Gasteiger partial charge is 0.237 e.